The van der Waals surface area contributed by atoms with Gasteiger partial charge in [0, 0.05) is 24.8 Å². The van der Waals surface area contributed by atoms with Gasteiger partial charge in [-0.05, 0) is 55.7 Å². The molecule has 2 heterocycles. The van der Waals surface area contributed by atoms with Crippen LogP contribution in [-0.4, -0.2) is 35.6 Å². The normalized spacial score (nSPS) is 20.0. The predicted molar refractivity (Wildman–Crippen MR) is 118 cm³/mol. The van der Waals surface area contributed by atoms with Crippen molar-refractivity contribution in [1.82, 2.24) is 15.3 Å². The highest BCUT2D eigenvalue weighted by atomic mass is 16.5. The Morgan fingerprint density at radius 1 is 1.23 bits per heavy atom. The van der Waals surface area contributed by atoms with Gasteiger partial charge >= 0.3 is 0 Å². The van der Waals surface area contributed by atoms with Crippen molar-refractivity contribution in [1.29, 1.82) is 0 Å². The highest BCUT2D eigenvalue weighted by Gasteiger charge is 2.35. The standard InChI is InChI=1S/C24H32N4O2/c1-4-30-18-9-7-17(8-10-18)13-22(29)26-20-14-24(2,3)15-21-19(20)16-25-23(27-21)28-11-5-6-12-28/h7-10,16,20H,4-6,11-15H2,1-3H3,(H,26,29)/t20-/m0/s1. The quantitative estimate of drug-likeness (QED) is 0.786. The Morgan fingerprint density at radius 3 is 2.67 bits per heavy atom. The molecule has 1 aliphatic carbocycles. The molecule has 0 saturated carbocycles. The fourth-order valence-corrected chi connectivity index (χ4v) is 4.54. The van der Waals surface area contributed by atoms with Gasteiger partial charge < -0.3 is 15.0 Å². The molecule has 1 aromatic carbocycles. The van der Waals surface area contributed by atoms with Crippen molar-refractivity contribution < 1.29 is 9.53 Å². The van der Waals surface area contributed by atoms with Crippen LogP contribution in [0.15, 0.2) is 30.5 Å². The summed E-state index contributed by atoms with van der Waals surface area (Å²) in [6.45, 7) is 9.16. The summed E-state index contributed by atoms with van der Waals surface area (Å²) in [4.78, 5) is 24.6. The topological polar surface area (TPSA) is 67.3 Å². The summed E-state index contributed by atoms with van der Waals surface area (Å²) in [5.41, 5.74) is 3.21. The van der Waals surface area contributed by atoms with Crippen molar-refractivity contribution in [2.75, 3.05) is 24.6 Å². The number of carbonyl (C=O) groups is 1. The van der Waals surface area contributed by atoms with E-state index in [1.807, 2.05) is 37.4 Å². The Bertz CT molecular complexity index is 889. The van der Waals surface area contributed by atoms with Gasteiger partial charge in [0.25, 0.3) is 0 Å². The van der Waals surface area contributed by atoms with Gasteiger partial charge in [0.05, 0.1) is 24.8 Å². The maximum Gasteiger partial charge on any atom is 0.225 e. The molecule has 0 spiro atoms. The zero-order valence-electron chi connectivity index (χ0n) is 18.3. The van der Waals surface area contributed by atoms with Gasteiger partial charge in [-0.2, -0.15) is 0 Å². The highest BCUT2D eigenvalue weighted by molar-refractivity contribution is 5.79. The number of hydrogen-bond donors (Lipinski definition) is 1. The minimum atomic E-state index is -0.0495. The molecule has 1 saturated heterocycles. The summed E-state index contributed by atoms with van der Waals surface area (Å²) in [5.74, 6) is 1.69. The first-order valence-corrected chi connectivity index (χ1v) is 11.1. The second-order valence-corrected chi connectivity index (χ2v) is 9.19. The van der Waals surface area contributed by atoms with E-state index in [-0.39, 0.29) is 17.4 Å². The number of nitrogens with zero attached hydrogens (tertiary/aromatic N) is 3. The van der Waals surface area contributed by atoms with Crippen LogP contribution >= 0.6 is 0 Å². The summed E-state index contributed by atoms with van der Waals surface area (Å²) in [6.07, 6.45) is 6.50. The molecule has 4 rings (SSSR count). The number of rotatable bonds is 6. The van der Waals surface area contributed by atoms with Crippen molar-refractivity contribution in [3.63, 3.8) is 0 Å². The Morgan fingerprint density at radius 2 is 1.97 bits per heavy atom. The van der Waals surface area contributed by atoms with Crippen molar-refractivity contribution >= 4 is 11.9 Å². The van der Waals surface area contributed by atoms with Crippen LogP contribution in [0.3, 0.4) is 0 Å². The molecule has 1 atom stereocenters. The summed E-state index contributed by atoms with van der Waals surface area (Å²) in [6, 6.07) is 7.69. The SMILES string of the molecule is CCOc1ccc(CC(=O)N[C@H]2CC(C)(C)Cc3nc(N4CCCC4)ncc32)cc1. The number of ether oxygens (including phenoxy) is 1. The number of hydrogen-bond acceptors (Lipinski definition) is 5. The molecule has 30 heavy (non-hydrogen) atoms. The minimum Gasteiger partial charge on any atom is -0.494 e. The maximum atomic E-state index is 12.8. The molecule has 0 bridgehead atoms. The summed E-state index contributed by atoms with van der Waals surface area (Å²) >= 11 is 0. The number of nitrogens with one attached hydrogen (secondary N) is 1. The molecule has 1 aliphatic heterocycles. The van der Waals surface area contributed by atoms with Crippen molar-refractivity contribution in [2.24, 2.45) is 5.41 Å². The number of carbonyl (C=O) groups excluding carboxylic acids is 1. The monoisotopic (exact) mass is 408 g/mol. The van der Waals surface area contributed by atoms with Gasteiger partial charge in [-0.15, -0.1) is 0 Å². The summed E-state index contributed by atoms with van der Waals surface area (Å²) < 4.78 is 5.48. The molecule has 1 amide bonds. The van der Waals surface area contributed by atoms with Crippen molar-refractivity contribution in [2.45, 2.75) is 58.9 Å². The number of amides is 1. The predicted octanol–water partition coefficient (Wildman–Crippen LogP) is 3.85. The van der Waals surface area contributed by atoms with E-state index in [0.717, 1.165) is 54.4 Å². The molecule has 160 valence electrons. The smallest absolute Gasteiger partial charge is 0.225 e. The van der Waals surface area contributed by atoms with Crippen molar-refractivity contribution in [3.8, 4) is 5.75 Å². The molecule has 1 N–H and O–H groups in total. The van der Waals surface area contributed by atoms with E-state index < -0.39 is 0 Å². The fraction of sp³-hybridized carbons (Fsp3) is 0.542. The first-order chi connectivity index (χ1) is 14.4. The van der Waals surface area contributed by atoms with E-state index in [2.05, 4.69) is 29.0 Å². The number of benzene rings is 1. The number of aromatic nitrogens is 2. The third-order valence-electron chi connectivity index (χ3n) is 5.99. The van der Waals surface area contributed by atoms with Gasteiger partial charge in [0.2, 0.25) is 11.9 Å². The minimum absolute atomic E-state index is 0.0245. The van der Waals surface area contributed by atoms with E-state index in [1.54, 1.807) is 0 Å². The van der Waals surface area contributed by atoms with Gasteiger partial charge in [0.1, 0.15) is 5.75 Å². The van der Waals surface area contributed by atoms with E-state index >= 15 is 0 Å². The van der Waals surface area contributed by atoms with Crippen LogP contribution in [0.4, 0.5) is 5.95 Å². The Hall–Kier alpha value is -2.63. The van der Waals surface area contributed by atoms with Gasteiger partial charge in [-0.25, -0.2) is 9.97 Å². The second-order valence-electron chi connectivity index (χ2n) is 9.19. The summed E-state index contributed by atoms with van der Waals surface area (Å²) in [5, 5.41) is 3.24. The average Bonchev–Trinajstić information content (AvgIpc) is 3.23. The lowest BCUT2D eigenvalue weighted by atomic mass is 9.74. The van der Waals surface area contributed by atoms with Crippen LogP contribution < -0.4 is 15.0 Å². The lowest BCUT2D eigenvalue weighted by Gasteiger charge is -2.36. The molecule has 0 unspecified atom stereocenters. The van der Waals surface area contributed by atoms with Crippen LogP contribution in [-0.2, 0) is 17.6 Å². The Balaban J connectivity index is 1.47. The zero-order valence-corrected chi connectivity index (χ0v) is 18.3. The summed E-state index contributed by atoms with van der Waals surface area (Å²) in [7, 11) is 0. The van der Waals surface area contributed by atoms with Crippen LogP contribution in [0.1, 0.15) is 62.9 Å². The lowest BCUT2D eigenvalue weighted by molar-refractivity contribution is -0.121. The number of anilines is 1. The maximum absolute atomic E-state index is 12.8. The lowest BCUT2D eigenvalue weighted by Crippen LogP contribution is -2.38. The molecule has 6 nitrogen and oxygen atoms in total. The van der Waals surface area contributed by atoms with E-state index in [1.165, 1.54) is 12.8 Å². The van der Waals surface area contributed by atoms with Crippen LogP contribution in [0.5, 0.6) is 5.75 Å². The fourth-order valence-electron chi connectivity index (χ4n) is 4.54. The zero-order chi connectivity index (χ0) is 21.1. The second kappa shape index (κ2) is 8.62. The van der Waals surface area contributed by atoms with E-state index in [0.29, 0.717) is 13.0 Å². The van der Waals surface area contributed by atoms with Gasteiger partial charge in [0.15, 0.2) is 0 Å². The van der Waals surface area contributed by atoms with Crippen LogP contribution in [0, 0.1) is 5.41 Å². The first-order valence-electron chi connectivity index (χ1n) is 11.1. The van der Waals surface area contributed by atoms with Gasteiger partial charge in [-0.1, -0.05) is 26.0 Å². The van der Waals surface area contributed by atoms with Crippen LogP contribution in [0.2, 0.25) is 0 Å². The van der Waals surface area contributed by atoms with Crippen LogP contribution in [0.25, 0.3) is 0 Å². The molecular formula is C24H32N4O2. The third kappa shape index (κ3) is 4.74. The Kier molecular flexibility index (Phi) is 5.93. The van der Waals surface area contributed by atoms with Crippen molar-refractivity contribution in [3.05, 3.63) is 47.3 Å². The molecule has 2 aliphatic rings. The molecule has 6 heteroatoms. The number of fused-ring (bicyclic) bond motifs is 1. The first kappa shape index (κ1) is 20.6. The molecule has 0 radical (unpaired) electrons. The largest absolute Gasteiger partial charge is 0.494 e. The molecule has 1 fully saturated rings. The molecular weight excluding hydrogens is 376 g/mol. The third-order valence-corrected chi connectivity index (χ3v) is 5.99. The van der Waals surface area contributed by atoms with E-state index in [9.17, 15) is 4.79 Å². The van der Waals surface area contributed by atoms with Gasteiger partial charge in [-0.3, -0.25) is 4.79 Å². The molecule has 1 aromatic heterocycles. The molecule has 2 aromatic rings. The Labute approximate surface area is 179 Å². The highest BCUT2D eigenvalue weighted by Crippen LogP contribution is 2.40. The average molecular weight is 409 g/mol. The van der Waals surface area contributed by atoms with E-state index in [4.69, 9.17) is 9.72 Å².